The lowest BCUT2D eigenvalue weighted by Crippen LogP contribution is -2.43. The van der Waals surface area contributed by atoms with Gasteiger partial charge in [0, 0.05) is 25.0 Å². The number of morpholine rings is 1. The SMILES string of the molecule is CC(C)(C)c1noc(-c2ccccc2C(=O)NCC(c2ccccc2)N2CCOCC2)n1. The molecule has 7 nitrogen and oxygen atoms in total. The first-order valence-corrected chi connectivity index (χ1v) is 11.0. The van der Waals surface area contributed by atoms with E-state index in [-0.39, 0.29) is 17.4 Å². The zero-order valence-corrected chi connectivity index (χ0v) is 18.9. The fraction of sp³-hybridized carbons (Fsp3) is 0.400. The molecule has 1 unspecified atom stereocenters. The van der Waals surface area contributed by atoms with Gasteiger partial charge in [-0.3, -0.25) is 9.69 Å². The Morgan fingerprint density at radius 2 is 1.75 bits per heavy atom. The minimum absolute atomic E-state index is 0.0760. The molecule has 0 bridgehead atoms. The van der Waals surface area contributed by atoms with Crippen molar-refractivity contribution in [3.63, 3.8) is 0 Å². The Morgan fingerprint density at radius 1 is 1.06 bits per heavy atom. The van der Waals surface area contributed by atoms with Crippen molar-refractivity contribution < 1.29 is 14.1 Å². The monoisotopic (exact) mass is 434 g/mol. The maximum atomic E-state index is 13.2. The van der Waals surface area contributed by atoms with E-state index < -0.39 is 0 Å². The molecule has 1 amide bonds. The highest BCUT2D eigenvalue weighted by Crippen LogP contribution is 2.27. The van der Waals surface area contributed by atoms with Gasteiger partial charge in [0.2, 0.25) is 0 Å². The van der Waals surface area contributed by atoms with Crippen LogP contribution in [0, 0.1) is 0 Å². The third kappa shape index (κ3) is 5.06. The second kappa shape index (κ2) is 9.63. The second-order valence-corrected chi connectivity index (χ2v) is 9.00. The van der Waals surface area contributed by atoms with Gasteiger partial charge in [-0.2, -0.15) is 4.98 Å². The third-order valence-electron chi connectivity index (χ3n) is 5.63. The Kier molecular flexibility index (Phi) is 6.67. The summed E-state index contributed by atoms with van der Waals surface area (Å²) >= 11 is 0. The number of nitrogens with zero attached hydrogens (tertiary/aromatic N) is 3. The smallest absolute Gasteiger partial charge is 0.258 e. The normalized spacial score (nSPS) is 16.0. The molecule has 4 rings (SSSR count). The number of carbonyl (C=O) groups excluding carboxylic acids is 1. The molecule has 1 N–H and O–H groups in total. The van der Waals surface area contributed by atoms with Crippen LogP contribution in [0.2, 0.25) is 0 Å². The molecule has 0 saturated carbocycles. The standard InChI is InChI=1S/C25H30N4O3/c1-25(2,3)24-27-23(32-28-24)20-12-8-7-11-19(20)22(30)26-17-21(18-9-5-4-6-10-18)29-13-15-31-16-14-29/h4-12,21H,13-17H2,1-3H3,(H,26,30). The van der Waals surface area contributed by atoms with Gasteiger partial charge in [-0.15, -0.1) is 0 Å². The van der Waals surface area contributed by atoms with Crippen LogP contribution < -0.4 is 5.32 Å². The van der Waals surface area contributed by atoms with Gasteiger partial charge in [0.1, 0.15) is 0 Å². The molecular formula is C25H30N4O3. The van der Waals surface area contributed by atoms with E-state index in [1.807, 2.05) is 57.2 Å². The summed E-state index contributed by atoms with van der Waals surface area (Å²) in [6, 6.07) is 17.7. The first kappa shape index (κ1) is 22.2. The molecule has 1 aliphatic heterocycles. The van der Waals surface area contributed by atoms with E-state index in [2.05, 4.69) is 32.5 Å². The van der Waals surface area contributed by atoms with E-state index in [0.717, 1.165) is 13.1 Å². The molecule has 3 aromatic rings. The van der Waals surface area contributed by atoms with Gasteiger partial charge in [-0.1, -0.05) is 68.4 Å². The largest absolute Gasteiger partial charge is 0.379 e. The Labute approximate surface area is 188 Å². The van der Waals surface area contributed by atoms with Crippen LogP contribution in [0.25, 0.3) is 11.5 Å². The van der Waals surface area contributed by atoms with Crippen LogP contribution in [0.15, 0.2) is 59.1 Å². The lowest BCUT2D eigenvalue weighted by Gasteiger charge is -2.35. The summed E-state index contributed by atoms with van der Waals surface area (Å²) in [6.07, 6.45) is 0. The van der Waals surface area contributed by atoms with Crippen molar-refractivity contribution >= 4 is 5.91 Å². The van der Waals surface area contributed by atoms with Gasteiger partial charge < -0.3 is 14.6 Å². The van der Waals surface area contributed by atoms with Crippen molar-refractivity contribution in [2.75, 3.05) is 32.8 Å². The molecule has 0 radical (unpaired) electrons. The van der Waals surface area contributed by atoms with Crippen molar-refractivity contribution in [2.45, 2.75) is 32.2 Å². The quantitative estimate of drug-likeness (QED) is 0.635. The summed E-state index contributed by atoms with van der Waals surface area (Å²) in [5, 5.41) is 7.23. The maximum Gasteiger partial charge on any atom is 0.258 e. The average Bonchev–Trinajstić information content (AvgIpc) is 3.31. The van der Waals surface area contributed by atoms with Gasteiger partial charge in [-0.25, -0.2) is 0 Å². The van der Waals surface area contributed by atoms with Crippen LogP contribution in [0.3, 0.4) is 0 Å². The minimum Gasteiger partial charge on any atom is -0.379 e. The molecule has 1 saturated heterocycles. The number of hydrogen-bond acceptors (Lipinski definition) is 6. The Hall–Kier alpha value is -3.03. The molecule has 0 spiro atoms. The predicted octanol–water partition coefficient (Wildman–Crippen LogP) is 3.84. The summed E-state index contributed by atoms with van der Waals surface area (Å²) in [5.41, 5.74) is 2.09. The summed E-state index contributed by atoms with van der Waals surface area (Å²) in [7, 11) is 0. The number of benzene rings is 2. The highest BCUT2D eigenvalue weighted by Gasteiger charge is 2.26. The van der Waals surface area contributed by atoms with Crippen molar-refractivity contribution in [2.24, 2.45) is 0 Å². The van der Waals surface area contributed by atoms with Crippen molar-refractivity contribution in [1.29, 1.82) is 0 Å². The Morgan fingerprint density at radius 3 is 2.44 bits per heavy atom. The number of amides is 1. The van der Waals surface area contributed by atoms with Crippen molar-refractivity contribution in [1.82, 2.24) is 20.4 Å². The number of hydrogen-bond donors (Lipinski definition) is 1. The molecule has 1 atom stereocenters. The van der Waals surface area contributed by atoms with Gasteiger partial charge in [0.25, 0.3) is 11.8 Å². The molecule has 2 heterocycles. The third-order valence-corrected chi connectivity index (χ3v) is 5.63. The van der Waals surface area contributed by atoms with E-state index in [9.17, 15) is 4.79 Å². The second-order valence-electron chi connectivity index (χ2n) is 9.00. The maximum absolute atomic E-state index is 13.2. The van der Waals surface area contributed by atoms with Crippen LogP contribution in [-0.4, -0.2) is 53.8 Å². The molecule has 2 aromatic carbocycles. The van der Waals surface area contributed by atoms with E-state index in [1.165, 1.54) is 5.56 Å². The molecular weight excluding hydrogens is 404 g/mol. The summed E-state index contributed by atoms with van der Waals surface area (Å²) in [4.78, 5) is 20.1. The average molecular weight is 435 g/mol. The highest BCUT2D eigenvalue weighted by atomic mass is 16.5. The zero-order valence-electron chi connectivity index (χ0n) is 18.9. The molecule has 1 fully saturated rings. The summed E-state index contributed by atoms with van der Waals surface area (Å²) < 4.78 is 11.0. The zero-order chi connectivity index (χ0) is 22.6. The van der Waals surface area contributed by atoms with E-state index in [1.54, 1.807) is 6.07 Å². The predicted molar refractivity (Wildman–Crippen MR) is 122 cm³/mol. The summed E-state index contributed by atoms with van der Waals surface area (Å²) in [6.45, 7) is 9.64. The van der Waals surface area contributed by atoms with Crippen LogP contribution in [-0.2, 0) is 10.2 Å². The fourth-order valence-electron chi connectivity index (χ4n) is 3.81. The van der Waals surface area contributed by atoms with E-state index in [4.69, 9.17) is 9.26 Å². The topological polar surface area (TPSA) is 80.5 Å². The first-order chi connectivity index (χ1) is 15.4. The lowest BCUT2D eigenvalue weighted by molar-refractivity contribution is 0.0162. The molecule has 1 aromatic heterocycles. The van der Waals surface area contributed by atoms with Crippen LogP contribution in [0.1, 0.15) is 48.6 Å². The van der Waals surface area contributed by atoms with Gasteiger partial charge in [-0.05, 0) is 17.7 Å². The fourth-order valence-corrected chi connectivity index (χ4v) is 3.81. The summed E-state index contributed by atoms with van der Waals surface area (Å²) in [5.74, 6) is 0.804. The molecule has 168 valence electrons. The number of nitrogens with one attached hydrogen (secondary N) is 1. The molecule has 7 heteroatoms. The van der Waals surface area contributed by atoms with Crippen LogP contribution in [0.5, 0.6) is 0 Å². The van der Waals surface area contributed by atoms with Gasteiger partial charge in [0.15, 0.2) is 5.82 Å². The molecule has 1 aliphatic rings. The number of ether oxygens (including phenoxy) is 1. The van der Waals surface area contributed by atoms with Crippen molar-refractivity contribution in [3.05, 3.63) is 71.5 Å². The van der Waals surface area contributed by atoms with Crippen LogP contribution in [0.4, 0.5) is 0 Å². The van der Waals surface area contributed by atoms with Gasteiger partial charge in [0.05, 0.1) is 30.4 Å². The molecule has 0 aliphatic carbocycles. The minimum atomic E-state index is -0.236. The number of aromatic nitrogens is 2. The van der Waals surface area contributed by atoms with E-state index in [0.29, 0.717) is 42.6 Å². The van der Waals surface area contributed by atoms with E-state index >= 15 is 0 Å². The lowest BCUT2D eigenvalue weighted by atomic mass is 9.96. The Bertz CT molecular complexity index is 1040. The number of rotatable bonds is 6. The van der Waals surface area contributed by atoms with Gasteiger partial charge >= 0.3 is 0 Å². The first-order valence-electron chi connectivity index (χ1n) is 11.0. The highest BCUT2D eigenvalue weighted by molar-refractivity contribution is 5.99. The molecule has 32 heavy (non-hydrogen) atoms. The Balaban J connectivity index is 1.54. The van der Waals surface area contributed by atoms with Crippen LogP contribution >= 0.6 is 0 Å². The number of carbonyl (C=O) groups is 1. The van der Waals surface area contributed by atoms with Crippen molar-refractivity contribution in [3.8, 4) is 11.5 Å².